The molecular formula is C30H33F6N5O. The van der Waals surface area contributed by atoms with E-state index in [1.165, 1.54) is 30.6 Å². The highest BCUT2D eigenvalue weighted by atomic mass is 19.4. The van der Waals surface area contributed by atoms with Crippen molar-refractivity contribution in [3.8, 4) is 5.88 Å². The van der Waals surface area contributed by atoms with E-state index in [9.17, 15) is 26.3 Å². The van der Waals surface area contributed by atoms with Crippen molar-refractivity contribution in [3.63, 3.8) is 0 Å². The Hall–Kier alpha value is -3.70. The highest BCUT2D eigenvalue weighted by Gasteiger charge is 2.31. The topological polar surface area (TPSA) is 62.3 Å². The number of ether oxygens (including phenoxy) is 1. The third-order valence-electron chi connectivity index (χ3n) is 7.92. The predicted molar refractivity (Wildman–Crippen MR) is 149 cm³/mol. The molecule has 1 aromatic heterocycles. The predicted octanol–water partition coefficient (Wildman–Crippen LogP) is 7.71. The number of aromatic nitrogens is 2. The summed E-state index contributed by atoms with van der Waals surface area (Å²) in [5, 5.41) is 6.67. The molecule has 2 fully saturated rings. The summed E-state index contributed by atoms with van der Waals surface area (Å²) < 4.78 is 83.2. The zero-order valence-corrected chi connectivity index (χ0v) is 23.1. The number of hydrogen-bond donors (Lipinski definition) is 2. The van der Waals surface area contributed by atoms with Crippen LogP contribution in [0.1, 0.15) is 55.2 Å². The average molecular weight is 594 g/mol. The summed E-state index contributed by atoms with van der Waals surface area (Å²) in [5.41, 5.74) is 0.866. The van der Waals surface area contributed by atoms with E-state index in [-0.39, 0.29) is 18.2 Å². The van der Waals surface area contributed by atoms with Gasteiger partial charge < -0.3 is 20.3 Å². The summed E-state index contributed by atoms with van der Waals surface area (Å²) in [6, 6.07) is 10.5. The molecule has 0 radical (unpaired) electrons. The van der Waals surface area contributed by atoms with Crippen molar-refractivity contribution in [1.29, 1.82) is 0 Å². The van der Waals surface area contributed by atoms with E-state index < -0.39 is 23.5 Å². The van der Waals surface area contributed by atoms with Crippen LogP contribution in [0.5, 0.6) is 5.88 Å². The molecule has 6 nitrogen and oxygen atoms in total. The second-order valence-corrected chi connectivity index (χ2v) is 10.9. The summed E-state index contributed by atoms with van der Waals surface area (Å²) in [4.78, 5) is 11.1. The number of halogens is 6. The Bertz CT molecular complexity index is 1310. The molecule has 1 aliphatic heterocycles. The van der Waals surface area contributed by atoms with Gasteiger partial charge in [-0.15, -0.1) is 0 Å². The fourth-order valence-corrected chi connectivity index (χ4v) is 5.56. The van der Waals surface area contributed by atoms with Gasteiger partial charge in [0.2, 0.25) is 5.88 Å². The van der Waals surface area contributed by atoms with Gasteiger partial charge in [-0.2, -0.15) is 26.3 Å². The molecule has 2 heterocycles. The number of hydrogen-bond acceptors (Lipinski definition) is 6. The minimum absolute atomic E-state index is 0.0178. The van der Waals surface area contributed by atoms with Crippen LogP contribution in [0.25, 0.3) is 0 Å². The van der Waals surface area contributed by atoms with E-state index in [0.717, 1.165) is 87.3 Å². The number of nitrogens with zero attached hydrogens (tertiary/aromatic N) is 3. The van der Waals surface area contributed by atoms with Gasteiger partial charge in [0.15, 0.2) is 0 Å². The van der Waals surface area contributed by atoms with Crippen LogP contribution >= 0.6 is 0 Å². The van der Waals surface area contributed by atoms with Crippen LogP contribution in [-0.4, -0.2) is 41.2 Å². The summed E-state index contributed by atoms with van der Waals surface area (Å²) >= 11 is 0. The standard InChI is InChI=1S/C30H33F6N5O/c1-19-27(41-16-14-25(15-17-41)40-23-8-4-21(5-9-23)30(34,35)36)37-18-38-28(19)42-26-12-10-24(11-13-26)39-22-6-2-20(3-7-22)29(31,32)33/h2-9,18,24-26,39-40H,10-17H2,1H3. The van der Waals surface area contributed by atoms with E-state index in [1.54, 1.807) is 0 Å². The smallest absolute Gasteiger partial charge is 0.416 e. The Morgan fingerprint density at radius 3 is 1.64 bits per heavy atom. The minimum Gasteiger partial charge on any atom is -0.474 e. The van der Waals surface area contributed by atoms with E-state index in [4.69, 9.17) is 4.74 Å². The van der Waals surface area contributed by atoms with Gasteiger partial charge in [0.05, 0.1) is 16.7 Å². The molecule has 3 aromatic rings. The van der Waals surface area contributed by atoms with Crippen molar-refractivity contribution in [1.82, 2.24) is 9.97 Å². The fourth-order valence-electron chi connectivity index (χ4n) is 5.56. The zero-order valence-electron chi connectivity index (χ0n) is 23.1. The first-order valence-electron chi connectivity index (χ1n) is 14.1. The number of anilines is 3. The van der Waals surface area contributed by atoms with Crippen LogP contribution < -0.4 is 20.3 Å². The van der Waals surface area contributed by atoms with Crippen LogP contribution in [0.2, 0.25) is 0 Å². The molecule has 0 amide bonds. The molecule has 2 N–H and O–H groups in total. The average Bonchev–Trinajstić information content (AvgIpc) is 2.95. The first-order valence-corrected chi connectivity index (χ1v) is 14.1. The van der Waals surface area contributed by atoms with Crippen LogP contribution in [0.3, 0.4) is 0 Å². The molecule has 1 aliphatic carbocycles. The zero-order chi connectivity index (χ0) is 29.9. The van der Waals surface area contributed by atoms with E-state index in [0.29, 0.717) is 17.3 Å². The normalized spacial score (nSPS) is 20.3. The third kappa shape index (κ3) is 7.38. The minimum atomic E-state index is -4.35. The van der Waals surface area contributed by atoms with Crippen molar-refractivity contribution in [2.75, 3.05) is 28.6 Å². The number of benzene rings is 2. The van der Waals surface area contributed by atoms with Gasteiger partial charge >= 0.3 is 12.4 Å². The van der Waals surface area contributed by atoms with E-state index >= 15 is 0 Å². The quantitative estimate of drug-likeness (QED) is 0.274. The molecule has 0 unspecified atom stereocenters. The third-order valence-corrected chi connectivity index (χ3v) is 7.92. The first-order chi connectivity index (χ1) is 20.0. The molecular weight excluding hydrogens is 560 g/mol. The van der Waals surface area contributed by atoms with Crippen molar-refractivity contribution >= 4 is 17.2 Å². The van der Waals surface area contributed by atoms with Crippen LogP contribution in [0.15, 0.2) is 54.9 Å². The Labute approximate surface area is 240 Å². The van der Waals surface area contributed by atoms with Crippen molar-refractivity contribution in [2.45, 2.75) is 76.0 Å². The molecule has 12 heteroatoms. The van der Waals surface area contributed by atoms with Gasteiger partial charge in [-0.25, -0.2) is 9.97 Å². The van der Waals surface area contributed by atoms with Crippen LogP contribution in [0, 0.1) is 6.92 Å². The molecule has 0 bridgehead atoms. The Morgan fingerprint density at radius 1 is 0.690 bits per heavy atom. The van der Waals surface area contributed by atoms with E-state index in [1.807, 2.05) is 6.92 Å². The molecule has 5 rings (SSSR count). The molecule has 1 saturated carbocycles. The summed E-state index contributed by atoms with van der Waals surface area (Å²) in [6.07, 6.45) is -2.39. The molecule has 0 spiro atoms. The maximum absolute atomic E-state index is 12.8. The van der Waals surface area contributed by atoms with Gasteiger partial charge in [-0.1, -0.05) is 0 Å². The maximum atomic E-state index is 12.8. The molecule has 226 valence electrons. The van der Waals surface area contributed by atoms with Crippen molar-refractivity contribution in [2.24, 2.45) is 0 Å². The Kier molecular flexibility index (Phi) is 8.70. The molecule has 42 heavy (non-hydrogen) atoms. The lowest BCUT2D eigenvalue weighted by atomic mass is 9.92. The summed E-state index contributed by atoms with van der Waals surface area (Å²) in [6.45, 7) is 3.40. The summed E-state index contributed by atoms with van der Waals surface area (Å²) in [5.74, 6) is 1.36. The monoisotopic (exact) mass is 593 g/mol. The lowest BCUT2D eigenvalue weighted by Gasteiger charge is -2.35. The lowest BCUT2D eigenvalue weighted by Crippen LogP contribution is -2.40. The second kappa shape index (κ2) is 12.3. The highest BCUT2D eigenvalue weighted by molar-refractivity contribution is 5.51. The van der Waals surface area contributed by atoms with Gasteiger partial charge in [0.1, 0.15) is 18.2 Å². The molecule has 1 saturated heterocycles. The Morgan fingerprint density at radius 2 is 1.17 bits per heavy atom. The molecule has 0 atom stereocenters. The lowest BCUT2D eigenvalue weighted by molar-refractivity contribution is -0.138. The van der Waals surface area contributed by atoms with Crippen LogP contribution in [0.4, 0.5) is 43.5 Å². The van der Waals surface area contributed by atoms with Crippen molar-refractivity contribution in [3.05, 3.63) is 71.5 Å². The second-order valence-electron chi connectivity index (χ2n) is 10.9. The highest BCUT2D eigenvalue weighted by Crippen LogP contribution is 2.33. The van der Waals surface area contributed by atoms with Gasteiger partial charge in [0, 0.05) is 36.5 Å². The molecule has 2 aromatic carbocycles. The van der Waals surface area contributed by atoms with Gasteiger partial charge in [-0.3, -0.25) is 0 Å². The summed E-state index contributed by atoms with van der Waals surface area (Å²) in [7, 11) is 0. The fraction of sp³-hybridized carbons (Fsp3) is 0.467. The Balaban J connectivity index is 1.10. The number of nitrogens with one attached hydrogen (secondary N) is 2. The van der Waals surface area contributed by atoms with Crippen LogP contribution in [-0.2, 0) is 12.4 Å². The van der Waals surface area contributed by atoms with Crippen molar-refractivity contribution < 1.29 is 31.1 Å². The first kappa shape index (κ1) is 29.8. The van der Waals surface area contributed by atoms with E-state index in [2.05, 4.69) is 25.5 Å². The maximum Gasteiger partial charge on any atom is 0.416 e. The number of rotatable bonds is 7. The van der Waals surface area contributed by atoms with Gasteiger partial charge in [0.25, 0.3) is 0 Å². The molecule has 2 aliphatic rings. The SMILES string of the molecule is Cc1c(OC2CCC(Nc3ccc(C(F)(F)F)cc3)CC2)ncnc1N1CCC(Nc2ccc(C(F)(F)F)cc2)CC1. The number of alkyl halides is 6. The largest absolute Gasteiger partial charge is 0.474 e. The van der Waals surface area contributed by atoms with Gasteiger partial charge in [-0.05, 0) is 94.0 Å². The number of piperidine rings is 1.